The minimum atomic E-state index is -1.04. The van der Waals surface area contributed by atoms with E-state index in [2.05, 4.69) is 27.8 Å². The molecule has 6 rings (SSSR count). The van der Waals surface area contributed by atoms with Crippen molar-refractivity contribution in [2.24, 2.45) is 23.3 Å². The number of carboxylic acids is 1. The summed E-state index contributed by atoms with van der Waals surface area (Å²) in [5.74, 6) is -1.42. The summed E-state index contributed by atoms with van der Waals surface area (Å²) in [7, 11) is 0. The van der Waals surface area contributed by atoms with Gasteiger partial charge in [0, 0.05) is 24.5 Å². The molecule has 4 heterocycles. The van der Waals surface area contributed by atoms with Crippen LogP contribution in [0.1, 0.15) is 87.9 Å². The van der Waals surface area contributed by atoms with Crippen LogP contribution in [0.25, 0.3) is 11.0 Å². The Bertz CT molecular complexity index is 1760. The topological polar surface area (TPSA) is 238 Å². The number of ether oxygens (including phenoxy) is 1. The van der Waals surface area contributed by atoms with Gasteiger partial charge in [0.25, 0.3) is 11.8 Å². The fourth-order valence-corrected chi connectivity index (χ4v) is 5.12. The molecule has 2 atom stereocenters. The second-order valence-corrected chi connectivity index (χ2v) is 11.3. The van der Waals surface area contributed by atoms with Gasteiger partial charge in [0.15, 0.2) is 0 Å². The van der Waals surface area contributed by atoms with E-state index in [0.717, 1.165) is 12.8 Å². The Labute approximate surface area is 286 Å². The number of carboxylic acid groups (broad SMARTS) is 1. The maximum atomic E-state index is 11.9. The third-order valence-corrected chi connectivity index (χ3v) is 7.97. The molecule has 0 aromatic carbocycles. The molecule has 2 aliphatic rings. The Morgan fingerprint density at radius 2 is 1.28 bits per heavy atom. The van der Waals surface area contributed by atoms with Gasteiger partial charge in [-0.05, 0) is 70.4 Å². The first-order chi connectivity index (χ1) is 21.0. The molecule has 2 amide bonds. The van der Waals surface area contributed by atoms with Crippen molar-refractivity contribution in [1.82, 2.24) is 19.2 Å². The Morgan fingerprint density at radius 3 is 1.65 bits per heavy atom. The van der Waals surface area contributed by atoms with E-state index in [1.165, 1.54) is 42.0 Å². The third kappa shape index (κ3) is 7.96. The van der Waals surface area contributed by atoms with Crippen LogP contribution in [0.15, 0.2) is 36.9 Å². The van der Waals surface area contributed by atoms with Gasteiger partial charge < -0.3 is 37.4 Å². The second kappa shape index (κ2) is 14.9. The number of nitrogens with zero attached hydrogens (tertiary/aromatic N) is 4. The summed E-state index contributed by atoms with van der Waals surface area (Å²) in [6.07, 6.45) is 10.5. The molecule has 2 fully saturated rings. The van der Waals surface area contributed by atoms with Crippen molar-refractivity contribution in [2.75, 3.05) is 17.2 Å². The normalized spacial score (nSPS) is 14.9. The van der Waals surface area contributed by atoms with Crippen molar-refractivity contribution in [3.63, 3.8) is 0 Å². The van der Waals surface area contributed by atoms with Gasteiger partial charge in [0.05, 0.1) is 63.7 Å². The number of carbonyl (C=O) groups excluding carboxylic acids is 3. The fraction of sp³-hybridized carbons (Fsp3) is 0.400. The molecule has 2 aliphatic carbocycles. The number of amides is 2. The standard InChI is InChI=1S/C16H20N4O3.C14H16N4O3.Na.H2O/c1-3-23-16(22)11-6-13-14(19-9(2)10-4-5-10)12(15(17)21)7-18-20(13)8-11;1-7(8-2-3-8)17-12-10(13(15)19)5-16-18-6-9(14(20)21)4-11(12)18;;/h6-10,19H,3-5H2,1-2H3,(H2,17,21);4-8,17H,2-3H2,1H3,(H2,15,19)(H,20,21);;1H2/q;;+1;/p-1/t9-;7-;;/m11../s1. The molecule has 2 saturated carbocycles. The largest absolute Gasteiger partial charge is 1.00 e. The van der Waals surface area contributed by atoms with Crippen LogP contribution in [0.4, 0.5) is 11.4 Å². The number of anilines is 2. The number of hydrogen-bond donors (Lipinski definition) is 5. The Kier molecular flexibility index (Phi) is 11.8. The number of fused-ring (bicyclic) bond motifs is 2. The predicted octanol–water partition coefficient (Wildman–Crippen LogP) is -0.0107. The molecule has 0 unspecified atom stereocenters. The van der Waals surface area contributed by atoms with Crippen molar-refractivity contribution >= 4 is 46.2 Å². The Hall–Kier alpha value is -4.18. The van der Waals surface area contributed by atoms with E-state index in [-0.39, 0.29) is 58.2 Å². The zero-order valence-electron chi connectivity index (χ0n) is 26.2. The van der Waals surface area contributed by atoms with Crippen molar-refractivity contribution in [2.45, 2.75) is 58.5 Å². The van der Waals surface area contributed by atoms with Crippen molar-refractivity contribution in [3.05, 3.63) is 59.2 Å². The number of aromatic nitrogens is 4. The van der Waals surface area contributed by atoms with Crippen LogP contribution in [0.3, 0.4) is 0 Å². The van der Waals surface area contributed by atoms with E-state index in [1.54, 1.807) is 23.7 Å². The number of esters is 1. The van der Waals surface area contributed by atoms with Gasteiger partial charge in [-0.1, -0.05) is 0 Å². The average Bonchev–Trinajstić information content (AvgIpc) is 3.91. The zero-order valence-corrected chi connectivity index (χ0v) is 28.2. The molecule has 0 spiro atoms. The molecule has 240 valence electrons. The summed E-state index contributed by atoms with van der Waals surface area (Å²) in [5.41, 5.74) is 14.3. The molecule has 4 aromatic rings. The van der Waals surface area contributed by atoms with Gasteiger partial charge in [0.2, 0.25) is 0 Å². The molecule has 0 saturated heterocycles. The number of aromatic carboxylic acids is 1. The number of nitrogens with two attached hydrogens (primary N) is 2. The first-order valence-electron chi connectivity index (χ1n) is 14.5. The first kappa shape index (κ1) is 36.3. The second-order valence-electron chi connectivity index (χ2n) is 11.3. The smallest absolute Gasteiger partial charge is 0.870 e. The van der Waals surface area contributed by atoms with Crippen LogP contribution in [0.2, 0.25) is 0 Å². The van der Waals surface area contributed by atoms with E-state index < -0.39 is 23.8 Å². The van der Waals surface area contributed by atoms with Gasteiger partial charge in [-0.15, -0.1) is 0 Å². The van der Waals surface area contributed by atoms with Crippen LogP contribution in [0, 0.1) is 11.8 Å². The molecular weight excluding hydrogens is 607 g/mol. The monoisotopic (exact) mass is 644 g/mol. The molecule has 4 aromatic heterocycles. The zero-order chi connectivity index (χ0) is 31.7. The number of carbonyl (C=O) groups is 4. The maximum Gasteiger partial charge on any atom is 1.00 e. The number of hydrogen-bond acceptors (Lipinski definition) is 10. The molecule has 0 aliphatic heterocycles. The van der Waals surface area contributed by atoms with E-state index in [4.69, 9.17) is 21.3 Å². The minimum absolute atomic E-state index is 0. The van der Waals surface area contributed by atoms with Crippen molar-refractivity contribution in [1.29, 1.82) is 0 Å². The third-order valence-electron chi connectivity index (χ3n) is 7.97. The van der Waals surface area contributed by atoms with Crippen LogP contribution in [-0.4, -0.2) is 72.3 Å². The van der Waals surface area contributed by atoms with Crippen molar-refractivity contribution in [3.8, 4) is 0 Å². The van der Waals surface area contributed by atoms with Gasteiger partial charge in [-0.2, -0.15) is 10.2 Å². The summed E-state index contributed by atoms with van der Waals surface area (Å²) in [4.78, 5) is 46.3. The average molecular weight is 645 g/mol. The summed E-state index contributed by atoms with van der Waals surface area (Å²) in [6.45, 7) is 6.17. The first-order valence-corrected chi connectivity index (χ1v) is 14.5. The van der Waals surface area contributed by atoms with Gasteiger partial charge in [-0.3, -0.25) is 9.59 Å². The Balaban J connectivity index is 0.000000241. The molecular formula is C30H37N8NaO7. The van der Waals surface area contributed by atoms with Gasteiger partial charge in [-0.25, -0.2) is 18.6 Å². The van der Waals surface area contributed by atoms with E-state index in [9.17, 15) is 19.2 Å². The number of primary amides is 2. The van der Waals surface area contributed by atoms with E-state index >= 15 is 0 Å². The predicted molar refractivity (Wildman–Crippen MR) is 164 cm³/mol. The molecule has 0 bridgehead atoms. The van der Waals surface area contributed by atoms with E-state index in [0.29, 0.717) is 52.0 Å². The van der Waals surface area contributed by atoms with Crippen LogP contribution in [-0.2, 0) is 4.74 Å². The SMILES string of the molecule is CCOC(=O)c1cc2c(N[C@H](C)C3CC3)c(C(N)=O)cnn2c1.C[C@@H](Nc1c(C(N)=O)cnn2cc(C(=O)O)cc12)C1CC1.[Na+].[OH-]. The Morgan fingerprint density at radius 1 is 0.870 bits per heavy atom. The molecule has 8 N–H and O–H groups in total. The maximum absolute atomic E-state index is 11.9. The fourth-order valence-electron chi connectivity index (χ4n) is 5.12. The molecule has 0 radical (unpaired) electrons. The summed E-state index contributed by atoms with van der Waals surface area (Å²) in [6, 6.07) is 3.57. The number of rotatable bonds is 11. The van der Waals surface area contributed by atoms with Crippen LogP contribution in [0.5, 0.6) is 0 Å². The van der Waals surface area contributed by atoms with Crippen LogP contribution >= 0.6 is 0 Å². The minimum Gasteiger partial charge on any atom is -0.870 e. The summed E-state index contributed by atoms with van der Waals surface area (Å²) < 4.78 is 8.01. The van der Waals surface area contributed by atoms with E-state index in [1.807, 2.05) is 6.92 Å². The van der Waals surface area contributed by atoms with Crippen molar-refractivity contribution < 1.29 is 64.1 Å². The quantitative estimate of drug-likeness (QED) is 0.107. The molecule has 46 heavy (non-hydrogen) atoms. The number of nitrogens with one attached hydrogen (secondary N) is 2. The molecule has 15 nitrogen and oxygen atoms in total. The van der Waals surface area contributed by atoms with Gasteiger partial charge >= 0.3 is 41.5 Å². The summed E-state index contributed by atoms with van der Waals surface area (Å²) in [5, 5.41) is 24.0. The summed E-state index contributed by atoms with van der Waals surface area (Å²) >= 11 is 0. The van der Waals surface area contributed by atoms with Crippen LogP contribution < -0.4 is 51.7 Å². The molecule has 16 heteroatoms. The van der Waals surface area contributed by atoms with Gasteiger partial charge in [0.1, 0.15) is 0 Å².